The summed E-state index contributed by atoms with van der Waals surface area (Å²) in [5.74, 6) is -3.08. The van der Waals surface area contributed by atoms with Gasteiger partial charge in [-0.15, -0.1) is 11.8 Å². The number of hydrogen-bond donors (Lipinski definition) is 1. The molecule has 2 rings (SSSR count). The Balaban J connectivity index is 2.46. The third kappa shape index (κ3) is 3.33. The van der Waals surface area contributed by atoms with Crippen molar-refractivity contribution < 1.29 is 23.4 Å². The predicted octanol–water partition coefficient (Wildman–Crippen LogP) is 4.57. The van der Waals surface area contributed by atoms with Gasteiger partial charge in [-0.25, -0.2) is 9.18 Å². The predicted molar refractivity (Wildman–Crippen MR) is 76.2 cm³/mol. The van der Waals surface area contributed by atoms with E-state index in [1.165, 1.54) is 30.0 Å². The first kappa shape index (κ1) is 15.3. The van der Waals surface area contributed by atoms with E-state index in [4.69, 9.17) is 4.74 Å². The van der Waals surface area contributed by atoms with Gasteiger partial charge in [0.15, 0.2) is 11.6 Å². The highest BCUT2D eigenvalue weighted by Gasteiger charge is 2.19. The van der Waals surface area contributed by atoms with Gasteiger partial charge in [0.2, 0.25) is 5.82 Å². The molecule has 3 nitrogen and oxygen atoms in total. The Morgan fingerprint density at radius 1 is 1.19 bits per heavy atom. The number of hydrogen-bond acceptors (Lipinski definition) is 3. The van der Waals surface area contributed by atoms with Crippen molar-refractivity contribution >= 4 is 17.7 Å². The maximum atomic E-state index is 13.6. The van der Waals surface area contributed by atoms with Crippen molar-refractivity contribution in [3.8, 4) is 11.5 Å². The number of benzene rings is 2. The second-order valence-electron chi connectivity index (χ2n) is 4.02. The van der Waals surface area contributed by atoms with Crippen molar-refractivity contribution in [1.82, 2.24) is 0 Å². The Labute approximate surface area is 124 Å². The average Bonchev–Trinajstić information content (AvgIpc) is 2.44. The van der Waals surface area contributed by atoms with Gasteiger partial charge >= 0.3 is 5.97 Å². The Morgan fingerprint density at radius 3 is 2.52 bits per heavy atom. The molecule has 0 bridgehead atoms. The van der Waals surface area contributed by atoms with Crippen molar-refractivity contribution in [1.29, 1.82) is 0 Å². The van der Waals surface area contributed by atoms with Crippen LogP contribution in [-0.4, -0.2) is 16.8 Å². The first-order valence-corrected chi connectivity index (χ1v) is 7.14. The SMILES string of the molecule is CCSc1cccc(Oc2cccc(F)c2F)c1C(=O)O. The van der Waals surface area contributed by atoms with E-state index >= 15 is 0 Å². The van der Waals surface area contributed by atoms with Crippen molar-refractivity contribution in [2.45, 2.75) is 11.8 Å². The molecule has 0 aromatic heterocycles. The number of rotatable bonds is 5. The minimum Gasteiger partial charge on any atom is -0.478 e. The van der Waals surface area contributed by atoms with Gasteiger partial charge in [0.25, 0.3) is 0 Å². The van der Waals surface area contributed by atoms with Crippen LogP contribution in [-0.2, 0) is 0 Å². The number of aromatic carboxylic acids is 1. The Bertz CT molecular complexity index is 674. The standard InChI is InChI=1S/C15H12F2O3S/c1-2-21-12-8-4-6-10(13(12)15(18)19)20-11-7-3-5-9(16)14(11)17/h3-8H,2H2,1H3,(H,18,19). The summed E-state index contributed by atoms with van der Waals surface area (Å²) in [4.78, 5) is 11.9. The zero-order chi connectivity index (χ0) is 15.4. The lowest BCUT2D eigenvalue weighted by molar-refractivity contribution is 0.0690. The highest BCUT2D eigenvalue weighted by molar-refractivity contribution is 7.99. The molecule has 0 aliphatic carbocycles. The summed E-state index contributed by atoms with van der Waals surface area (Å²) in [6, 6.07) is 8.16. The topological polar surface area (TPSA) is 46.5 Å². The van der Waals surface area contributed by atoms with Gasteiger partial charge < -0.3 is 9.84 Å². The fraction of sp³-hybridized carbons (Fsp3) is 0.133. The number of carbonyl (C=O) groups is 1. The molecular weight excluding hydrogens is 298 g/mol. The minimum atomic E-state index is -1.18. The summed E-state index contributed by atoms with van der Waals surface area (Å²) < 4.78 is 32.0. The lowest BCUT2D eigenvalue weighted by atomic mass is 10.2. The Hall–Kier alpha value is -2.08. The second-order valence-corrected chi connectivity index (χ2v) is 5.33. The highest BCUT2D eigenvalue weighted by atomic mass is 32.2. The summed E-state index contributed by atoms with van der Waals surface area (Å²) in [6.45, 7) is 1.88. The van der Waals surface area contributed by atoms with Crippen molar-refractivity contribution in [3.05, 3.63) is 53.6 Å². The van der Waals surface area contributed by atoms with E-state index in [9.17, 15) is 18.7 Å². The summed E-state index contributed by atoms with van der Waals surface area (Å²) in [5, 5.41) is 9.31. The van der Waals surface area contributed by atoms with Gasteiger partial charge in [0.05, 0.1) is 0 Å². The maximum Gasteiger partial charge on any atom is 0.340 e. The van der Waals surface area contributed by atoms with Crippen LogP contribution in [0.4, 0.5) is 8.78 Å². The number of halogens is 2. The van der Waals surface area contributed by atoms with E-state index in [-0.39, 0.29) is 17.1 Å². The average molecular weight is 310 g/mol. The first-order chi connectivity index (χ1) is 10.0. The summed E-state index contributed by atoms with van der Waals surface area (Å²) in [5.41, 5.74) is -0.0620. The first-order valence-electron chi connectivity index (χ1n) is 6.15. The molecule has 0 saturated heterocycles. The van der Waals surface area contributed by atoms with Crippen LogP contribution in [0, 0.1) is 11.6 Å². The smallest absolute Gasteiger partial charge is 0.340 e. The van der Waals surface area contributed by atoms with E-state index in [1.807, 2.05) is 6.92 Å². The number of carboxylic acids is 1. The largest absolute Gasteiger partial charge is 0.478 e. The third-order valence-corrected chi connectivity index (χ3v) is 3.58. The molecule has 0 aliphatic rings. The maximum absolute atomic E-state index is 13.6. The van der Waals surface area contributed by atoms with Crippen LogP contribution in [0.5, 0.6) is 11.5 Å². The quantitative estimate of drug-likeness (QED) is 0.822. The highest BCUT2D eigenvalue weighted by Crippen LogP contribution is 2.34. The molecule has 0 fully saturated rings. The van der Waals surface area contributed by atoms with Crippen molar-refractivity contribution in [2.24, 2.45) is 0 Å². The lowest BCUT2D eigenvalue weighted by Gasteiger charge is -2.12. The zero-order valence-electron chi connectivity index (χ0n) is 11.1. The number of ether oxygens (including phenoxy) is 1. The van der Waals surface area contributed by atoms with E-state index in [1.54, 1.807) is 12.1 Å². The third-order valence-electron chi connectivity index (χ3n) is 2.64. The summed E-state index contributed by atoms with van der Waals surface area (Å²) in [7, 11) is 0. The lowest BCUT2D eigenvalue weighted by Crippen LogP contribution is -2.03. The molecule has 0 radical (unpaired) electrons. The molecule has 110 valence electrons. The van der Waals surface area contributed by atoms with Crippen LogP contribution in [0.3, 0.4) is 0 Å². The van der Waals surface area contributed by atoms with Gasteiger partial charge in [0.1, 0.15) is 11.3 Å². The number of thioether (sulfide) groups is 1. The van der Waals surface area contributed by atoms with Gasteiger partial charge in [-0.05, 0) is 30.0 Å². The van der Waals surface area contributed by atoms with Crippen molar-refractivity contribution in [3.63, 3.8) is 0 Å². The van der Waals surface area contributed by atoms with Gasteiger partial charge in [-0.1, -0.05) is 19.1 Å². The molecule has 0 heterocycles. The number of carboxylic acid groups (broad SMARTS) is 1. The Morgan fingerprint density at radius 2 is 1.86 bits per heavy atom. The normalized spacial score (nSPS) is 10.4. The van der Waals surface area contributed by atoms with E-state index in [0.29, 0.717) is 10.6 Å². The van der Waals surface area contributed by atoms with Crippen LogP contribution in [0.25, 0.3) is 0 Å². The second kappa shape index (κ2) is 6.58. The molecule has 21 heavy (non-hydrogen) atoms. The molecule has 0 unspecified atom stereocenters. The molecule has 0 amide bonds. The molecule has 2 aromatic carbocycles. The fourth-order valence-electron chi connectivity index (χ4n) is 1.76. The van der Waals surface area contributed by atoms with Crippen LogP contribution in [0.1, 0.15) is 17.3 Å². The van der Waals surface area contributed by atoms with Crippen LogP contribution in [0.15, 0.2) is 41.3 Å². The molecule has 1 N–H and O–H groups in total. The van der Waals surface area contributed by atoms with E-state index in [0.717, 1.165) is 6.07 Å². The van der Waals surface area contributed by atoms with E-state index in [2.05, 4.69) is 0 Å². The minimum absolute atomic E-state index is 0.0227. The summed E-state index contributed by atoms with van der Waals surface area (Å²) >= 11 is 1.33. The summed E-state index contributed by atoms with van der Waals surface area (Å²) in [6.07, 6.45) is 0. The molecule has 6 heteroatoms. The van der Waals surface area contributed by atoms with Crippen molar-refractivity contribution in [2.75, 3.05) is 5.75 Å². The molecule has 0 saturated carbocycles. The monoisotopic (exact) mass is 310 g/mol. The molecule has 0 atom stereocenters. The molecule has 0 aliphatic heterocycles. The van der Waals surface area contributed by atoms with Gasteiger partial charge in [-0.2, -0.15) is 4.39 Å². The van der Waals surface area contributed by atoms with Crippen LogP contribution >= 0.6 is 11.8 Å². The zero-order valence-corrected chi connectivity index (χ0v) is 11.9. The van der Waals surface area contributed by atoms with Gasteiger partial charge in [-0.3, -0.25) is 0 Å². The Kier molecular flexibility index (Phi) is 4.80. The van der Waals surface area contributed by atoms with Crippen LogP contribution < -0.4 is 4.74 Å². The molecular formula is C15H12F2O3S. The van der Waals surface area contributed by atoms with Crippen LogP contribution in [0.2, 0.25) is 0 Å². The molecule has 0 spiro atoms. The van der Waals surface area contributed by atoms with Gasteiger partial charge in [0, 0.05) is 4.90 Å². The molecule has 2 aromatic rings. The van der Waals surface area contributed by atoms with E-state index < -0.39 is 17.6 Å². The fourth-order valence-corrected chi connectivity index (χ4v) is 2.58.